The molecule has 98 valence electrons. The molecule has 0 aromatic carbocycles. The number of morpholine rings is 1. The van der Waals surface area contributed by atoms with Crippen LogP contribution in [0.2, 0.25) is 0 Å². The predicted octanol–water partition coefficient (Wildman–Crippen LogP) is 0.145. The minimum atomic E-state index is 0.803. The fourth-order valence-corrected chi connectivity index (χ4v) is 3.70. The summed E-state index contributed by atoms with van der Waals surface area (Å²) in [6.45, 7) is 8.99. The molecule has 2 aliphatic heterocycles. The zero-order chi connectivity index (χ0) is 11.5. The highest BCUT2D eigenvalue weighted by atomic mass is 16.5. The van der Waals surface area contributed by atoms with E-state index in [1.165, 1.54) is 45.4 Å². The third-order valence-electron chi connectivity index (χ3n) is 4.58. The molecule has 0 bridgehead atoms. The van der Waals surface area contributed by atoms with E-state index in [9.17, 15) is 0 Å². The lowest BCUT2D eigenvalue weighted by atomic mass is 10.1. The molecule has 3 rings (SSSR count). The van der Waals surface area contributed by atoms with Crippen LogP contribution in [0.1, 0.15) is 19.3 Å². The van der Waals surface area contributed by atoms with Crippen molar-refractivity contribution in [3.05, 3.63) is 0 Å². The van der Waals surface area contributed by atoms with E-state index in [1.807, 2.05) is 0 Å². The molecule has 4 heteroatoms. The maximum atomic E-state index is 5.47. The summed E-state index contributed by atoms with van der Waals surface area (Å²) in [6, 6.07) is 1.62. The minimum Gasteiger partial charge on any atom is -0.379 e. The molecule has 0 aromatic heterocycles. The molecule has 17 heavy (non-hydrogen) atoms. The van der Waals surface area contributed by atoms with E-state index in [1.54, 1.807) is 0 Å². The number of rotatable bonds is 2. The minimum absolute atomic E-state index is 0.803. The molecule has 1 aliphatic carbocycles. The van der Waals surface area contributed by atoms with Gasteiger partial charge in [-0.25, -0.2) is 0 Å². The Hall–Kier alpha value is -0.160. The average molecular weight is 239 g/mol. The highest BCUT2D eigenvalue weighted by molar-refractivity contribution is 4.93. The van der Waals surface area contributed by atoms with Crippen molar-refractivity contribution < 1.29 is 4.74 Å². The molecule has 2 saturated heterocycles. The van der Waals surface area contributed by atoms with Gasteiger partial charge >= 0.3 is 0 Å². The molecule has 0 unspecified atom stereocenters. The van der Waals surface area contributed by atoms with Crippen LogP contribution in [0.3, 0.4) is 0 Å². The number of hydrogen-bond donors (Lipinski definition) is 1. The monoisotopic (exact) mass is 239 g/mol. The molecular formula is C13H25N3O. The number of hydrogen-bond acceptors (Lipinski definition) is 4. The van der Waals surface area contributed by atoms with Crippen LogP contribution >= 0.6 is 0 Å². The van der Waals surface area contributed by atoms with Crippen LogP contribution in [0.5, 0.6) is 0 Å². The van der Waals surface area contributed by atoms with Gasteiger partial charge in [0, 0.05) is 51.4 Å². The van der Waals surface area contributed by atoms with Crippen molar-refractivity contribution in [3.63, 3.8) is 0 Å². The van der Waals surface area contributed by atoms with Crippen molar-refractivity contribution in [2.24, 2.45) is 0 Å². The Morgan fingerprint density at radius 3 is 2.06 bits per heavy atom. The first-order valence-corrected chi connectivity index (χ1v) is 7.22. The molecule has 1 saturated carbocycles. The van der Waals surface area contributed by atoms with Gasteiger partial charge in [-0.15, -0.1) is 0 Å². The van der Waals surface area contributed by atoms with E-state index < -0.39 is 0 Å². The fraction of sp³-hybridized carbons (Fsp3) is 1.00. The largest absolute Gasteiger partial charge is 0.379 e. The van der Waals surface area contributed by atoms with E-state index in [2.05, 4.69) is 15.1 Å². The summed E-state index contributed by atoms with van der Waals surface area (Å²) in [5.74, 6) is 0. The van der Waals surface area contributed by atoms with Crippen molar-refractivity contribution in [2.45, 2.75) is 31.3 Å². The lowest BCUT2D eigenvalue weighted by molar-refractivity contribution is -0.00318. The van der Waals surface area contributed by atoms with Gasteiger partial charge in [-0.1, -0.05) is 6.42 Å². The summed E-state index contributed by atoms with van der Waals surface area (Å²) in [4.78, 5) is 5.41. The lowest BCUT2D eigenvalue weighted by Crippen LogP contribution is -2.56. The Bertz CT molecular complexity index is 213. The topological polar surface area (TPSA) is 27.7 Å². The first-order valence-electron chi connectivity index (χ1n) is 7.22. The van der Waals surface area contributed by atoms with Crippen molar-refractivity contribution in [2.75, 3.05) is 52.5 Å². The normalized spacial score (nSPS) is 37.4. The van der Waals surface area contributed by atoms with Crippen LogP contribution in [0.15, 0.2) is 0 Å². The van der Waals surface area contributed by atoms with Gasteiger partial charge in [0.2, 0.25) is 0 Å². The third-order valence-corrected chi connectivity index (χ3v) is 4.58. The highest BCUT2D eigenvalue weighted by Crippen LogP contribution is 2.29. The Kier molecular flexibility index (Phi) is 3.96. The van der Waals surface area contributed by atoms with Gasteiger partial charge in [0.05, 0.1) is 13.2 Å². The lowest BCUT2D eigenvalue weighted by Gasteiger charge is -2.41. The van der Waals surface area contributed by atoms with Crippen molar-refractivity contribution in [1.82, 2.24) is 15.1 Å². The van der Waals surface area contributed by atoms with Crippen LogP contribution in [0.4, 0.5) is 0 Å². The van der Waals surface area contributed by atoms with Crippen LogP contribution in [-0.4, -0.2) is 74.4 Å². The van der Waals surface area contributed by atoms with Gasteiger partial charge in [-0.2, -0.15) is 0 Å². The predicted molar refractivity (Wildman–Crippen MR) is 68.3 cm³/mol. The zero-order valence-electron chi connectivity index (χ0n) is 10.7. The highest BCUT2D eigenvalue weighted by Gasteiger charge is 2.36. The standard InChI is InChI=1S/C13H25N3O/c1-2-12(15-6-4-14-5-7-15)13(3-1)16-8-10-17-11-9-16/h12-14H,1-11H2/t12-,13-/m0/s1. The molecule has 3 aliphatic rings. The smallest absolute Gasteiger partial charge is 0.0594 e. The summed E-state index contributed by atoms with van der Waals surface area (Å²) in [5, 5.41) is 3.46. The Labute approximate surface area is 104 Å². The maximum absolute atomic E-state index is 5.47. The van der Waals surface area contributed by atoms with E-state index in [0.717, 1.165) is 38.4 Å². The van der Waals surface area contributed by atoms with Gasteiger partial charge in [0.15, 0.2) is 0 Å². The van der Waals surface area contributed by atoms with E-state index >= 15 is 0 Å². The summed E-state index contributed by atoms with van der Waals surface area (Å²) >= 11 is 0. The first-order chi connectivity index (χ1) is 8.45. The molecule has 2 atom stereocenters. The van der Waals surface area contributed by atoms with Gasteiger partial charge in [0.1, 0.15) is 0 Å². The molecule has 2 heterocycles. The Morgan fingerprint density at radius 2 is 1.41 bits per heavy atom. The van der Waals surface area contributed by atoms with E-state index in [-0.39, 0.29) is 0 Å². The Morgan fingerprint density at radius 1 is 0.824 bits per heavy atom. The molecule has 0 spiro atoms. The molecule has 0 radical (unpaired) electrons. The zero-order valence-corrected chi connectivity index (χ0v) is 10.7. The number of piperazine rings is 1. The molecule has 3 fully saturated rings. The van der Waals surface area contributed by atoms with Gasteiger partial charge in [-0.05, 0) is 12.8 Å². The molecular weight excluding hydrogens is 214 g/mol. The molecule has 0 amide bonds. The second-order valence-electron chi connectivity index (χ2n) is 5.50. The number of nitrogens with zero attached hydrogens (tertiary/aromatic N) is 2. The summed E-state index contributed by atoms with van der Waals surface area (Å²) in [6.07, 6.45) is 4.22. The van der Waals surface area contributed by atoms with Crippen molar-refractivity contribution >= 4 is 0 Å². The second kappa shape index (κ2) is 5.65. The number of nitrogens with one attached hydrogen (secondary N) is 1. The molecule has 4 nitrogen and oxygen atoms in total. The fourth-order valence-electron chi connectivity index (χ4n) is 3.70. The maximum Gasteiger partial charge on any atom is 0.0594 e. The average Bonchev–Trinajstić information content (AvgIpc) is 2.90. The summed E-state index contributed by atoms with van der Waals surface area (Å²) in [7, 11) is 0. The quantitative estimate of drug-likeness (QED) is 0.742. The summed E-state index contributed by atoms with van der Waals surface area (Å²) < 4.78 is 5.47. The van der Waals surface area contributed by atoms with Gasteiger partial charge < -0.3 is 10.1 Å². The number of ether oxygens (including phenoxy) is 1. The van der Waals surface area contributed by atoms with Gasteiger partial charge in [-0.3, -0.25) is 9.80 Å². The first kappa shape index (κ1) is 11.9. The van der Waals surface area contributed by atoms with Crippen LogP contribution in [0, 0.1) is 0 Å². The van der Waals surface area contributed by atoms with Gasteiger partial charge in [0.25, 0.3) is 0 Å². The van der Waals surface area contributed by atoms with Crippen LogP contribution in [-0.2, 0) is 4.74 Å². The van der Waals surface area contributed by atoms with E-state index in [4.69, 9.17) is 4.74 Å². The van der Waals surface area contributed by atoms with Crippen molar-refractivity contribution in [1.29, 1.82) is 0 Å². The second-order valence-corrected chi connectivity index (χ2v) is 5.50. The third kappa shape index (κ3) is 2.65. The molecule has 1 N–H and O–H groups in total. The Balaban J connectivity index is 1.61. The van der Waals surface area contributed by atoms with E-state index in [0.29, 0.717) is 0 Å². The van der Waals surface area contributed by atoms with Crippen molar-refractivity contribution in [3.8, 4) is 0 Å². The summed E-state index contributed by atoms with van der Waals surface area (Å²) in [5.41, 5.74) is 0. The SMILES string of the molecule is C1C[C@H](N2CCNCC2)[C@@H](N2CCOCC2)C1. The van der Waals surface area contributed by atoms with Crippen LogP contribution < -0.4 is 5.32 Å². The van der Waals surface area contributed by atoms with Crippen LogP contribution in [0.25, 0.3) is 0 Å². The molecule has 0 aromatic rings.